The van der Waals surface area contributed by atoms with Gasteiger partial charge in [0.1, 0.15) is 0 Å². The van der Waals surface area contributed by atoms with Crippen LogP contribution in [0.2, 0.25) is 0 Å². The first-order valence-corrected chi connectivity index (χ1v) is 8.58. The van der Waals surface area contributed by atoms with Crippen LogP contribution < -0.4 is 9.47 Å². The fourth-order valence-electron chi connectivity index (χ4n) is 3.56. The first kappa shape index (κ1) is 20.4. The molecule has 0 bridgehead atoms. The normalized spacial score (nSPS) is 19.3. The molecule has 0 unspecified atom stereocenters. The van der Waals surface area contributed by atoms with Crippen LogP contribution in [0.5, 0.6) is 11.5 Å². The maximum absolute atomic E-state index is 11.8. The molecule has 0 saturated carbocycles. The lowest BCUT2D eigenvalue weighted by atomic mass is 9.88. The average Bonchev–Trinajstić information content (AvgIpc) is 2.85. The first-order valence-electron chi connectivity index (χ1n) is 8.58. The summed E-state index contributed by atoms with van der Waals surface area (Å²) in [7, 11) is 5.02. The van der Waals surface area contributed by atoms with Crippen molar-refractivity contribution in [3.8, 4) is 11.5 Å². The third kappa shape index (κ3) is 3.76. The molecule has 1 amide bonds. The summed E-state index contributed by atoms with van der Waals surface area (Å²) < 4.78 is 16.3. The number of likely N-dealkylation sites (tertiary alicyclic amines) is 1. The summed E-state index contributed by atoms with van der Waals surface area (Å²) in [5.74, 6) is 1.51. The van der Waals surface area contributed by atoms with E-state index < -0.39 is 5.60 Å². The van der Waals surface area contributed by atoms with Crippen molar-refractivity contribution in [3.05, 3.63) is 36.0 Å². The molecule has 144 valence electrons. The second kappa shape index (κ2) is 8.18. The Hall–Kier alpha value is -1.92. The van der Waals surface area contributed by atoms with Crippen LogP contribution in [0.3, 0.4) is 0 Å². The third-order valence-corrected chi connectivity index (χ3v) is 5.32. The molecule has 2 saturated heterocycles. The molecule has 2 fully saturated rings. The molecule has 2 aliphatic heterocycles. The minimum atomic E-state index is -0.494. The van der Waals surface area contributed by atoms with Gasteiger partial charge < -0.3 is 19.1 Å². The van der Waals surface area contributed by atoms with Crippen molar-refractivity contribution >= 4 is 18.5 Å². The van der Waals surface area contributed by atoms with E-state index in [0.29, 0.717) is 0 Å². The van der Waals surface area contributed by atoms with Gasteiger partial charge >= 0.3 is 6.09 Å². The smallest absolute Gasteiger partial charge is 0.414 e. The molecule has 26 heavy (non-hydrogen) atoms. The maximum Gasteiger partial charge on any atom is 0.414 e. The molecule has 3 rings (SSSR count). The highest BCUT2D eigenvalue weighted by Crippen LogP contribution is 2.39. The topological polar surface area (TPSA) is 51.2 Å². The standard InChI is InChI=1S/C19H26N2O4.ClH/c1-14-19(25-18(22)20(14)2)8-11-21(12-9-19)10-7-15-5-6-16(23-3)17(13-15)24-4;/h5-6,13H,1,7-12H2,2-4H3;1H. The number of nitrogens with zero attached hydrogens (tertiary/aromatic N) is 2. The number of benzene rings is 1. The lowest BCUT2D eigenvalue weighted by Gasteiger charge is -2.38. The van der Waals surface area contributed by atoms with Crippen molar-refractivity contribution in [2.45, 2.75) is 24.9 Å². The molecule has 0 radical (unpaired) electrons. The van der Waals surface area contributed by atoms with Crippen LogP contribution >= 0.6 is 12.4 Å². The monoisotopic (exact) mass is 382 g/mol. The molecule has 0 atom stereocenters. The number of rotatable bonds is 5. The van der Waals surface area contributed by atoms with Gasteiger partial charge in [0.25, 0.3) is 0 Å². The number of likely N-dealkylation sites (N-methyl/N-ethyl adjacent to an activating group) is 1. The molecule has 1 spiro atoms. The van der Waals surface area contributed by atoms with Gasteiger partial charge in [-0.15, -0.1) is 12.4 Å². The van der Waals surface area contributed by atoms with Crippen LogP contribution in [0.25, 0.3) is 0 Å². The van der Waals surface area contributed by atoms with Crippen molar-refractivity contribution in [1.29, 1.82) is 0 Å². The number of amides is 1. The molecule has 2 aliphatic rings. The fourth-order valence-corrected chi connectivity index (χ4v) is 3.56. The number of ether oxygens (including phenoxy) is 3. The Morgan fingerprint density at radius 2 is 1.85 bits per heavy atom. The van der Waals surface area contributed by atoms with Crippen LogP contribution in [0.4, 0.5) is 4.79 Å². The van der Waals surface area contributed by atoms with E-state index in [9.17, 15) is 4.79 Å². The van der Waals surface area contributed by atoms with E-state index in [1.165, 1.54) is 10.5 Å². The largest absolute Gasteiger partial charge is 0.493 e. The molecule has 0 aromatic heterocycles. The summed E-state index contributed by atoms with van der Waals surface area (Å²) in [6, 6.07) is 6.04. The highest BCUT2D eigenvalue weighted by molar-refractivity contribution is 5.85. The zero-order valence-corrected chi connectivity index (χ0v) is 16.4. The zero-order chi connectivity index (χ0) is 18.0. The molecule has 6 nitrogen and oxygen atoms in total. The summed E-state index contributed by atoms with van der Waals surface area (Å²) in [6.07, 6.45) is 2.25. The van der Waals surface area contributed by atoms with Gasteiger partial charge in [-0.2, -0.15) is 0 Å². The predicted octanol–water partition coefficient (Wildman–Crippen LogP) is 3.10. The average molecular weight is 383 g/mol. The minimum Gasteiger partial charge on any atom is -0.493 e. The molecule has 1 aromatic rings. The Balaban J connectivity index is 0.00000243. The maximum atomic E-state index is 11.8. The molecule has 1 aromatic carbocycles. The Bertz CT molecular complexity index is 672. The summed E-state index contributed by atoms with van der Waals surface area (Å²) in [6.45, 7) is 6.81. The number of methoxy groups -OCH3 is 2. The van der Waals surface area contributed by atoms with E-state index in [2.05, 4.69) is 17.5 Å². The molecule has 2 heterocycles. The lowest BCUT2D eigenvalue weighted by molar-refractivity contribution is 0.0151. The zero-order valence-electron chi connectivity index (χ0n) is 15.6. The van der Waals surface area contributed by atoms with E-state index >= 15 is 0 Å². The molecule has 7 heteroatoms. The van der Waals surface area contributed by atoms with Crippen molar-refractivity contribution in [3.63, 3.8) is 0 Å². The fraction of sp³-hybridized carbons (Fsp3) is 0.526. The molecule has 0 N–H and O–H groups in total. The third-order valence-electron chi connectivity index (χ3n) is 5.32. The Kier molecular flexibility index (Phi) is 6.42. The van der Waals surface area contributed by atoms with Crippen LogP contribution in [0.1, 0.15) is 18.4 Å². The van der Waals surface area contributed by atoms with Gasteiger partial charge in [-0.05, 0) is 24.1 Å². The van der Waals surface area contributed by atoms with Crippen molar-refractivity contribution in [2.75, 3.05) is 40.9 Å². The summed E-state index contributed by atoms with van der Waals surface area (Å²) in [4.78, 5) is 15.7. The van der Waals surface area contributed by atoms with E-state index in [0.717, 1.165) is 56.1 Å². The predicted molar refractivity (Wildman–Crippen MR) is 102 cm³/mol. The number of halogens is 1. The van der Waals surface area contributed by atoms with Crippen LogP contribution in [0, 0.1) is 0 Å². The van der Waals surface area contributed by atoms with Crippen LogP contribution in [0.15, 0.2) is 30.5 Å². The van der Waals surface area contributed by atoms with Crippen LogP contribution in [-0.2, 0) is 11.2 Å². The number of carbonyl (C=O) groups excluding carboxylic acids is 1. The minimum absolute atomic E-state index is 0. The number of hydrogen-bond donors (Lipinski definition) is 0. The van der Waals surface area contributed by atoms with Gasteiger partial charge in [0.05, 0.1) is 19.9 Å². The Labute approximate surface area is 161 Å². The highest BCUT2D eigenvalue weighted by atomic mass is 35.5. The van der Waals surface area contributed by atoms with Gasteiger partial charge in [0.15, 0.2) is 17.1 Å². The van der Waals surface area contributed by atoms with Gasteiger partial charge in [0.2, 0.25) is 0 Å². The second-order valence-electron chi connectivity index (χ2n) is 6.65. The summed E-state index contributed by atoms with van der Waals surface area (Å²) in [5, 5.41) is 0. The van der Waals surface area contributed by atoms with Gasteiger partial charge in [-0.25, -0.2) is 4.79 Å². The quantitative estimate of drug-likeness (QED) is 0.783. The number of carbonyl (C=O) groups is 1. The Morgan fingerprint density at radius 3 is 2.38 bits per heavy atom. The van der Waals surface area contributed by atoms with Gasteiger partial charge in [-0.1, -0.05) is 12.6 Å². The van der Waals surface area contributed by atoms with E-state index in [1.54, 1.807) is 21.3 Å². The lowest BCUT2D eigenvalue weighted by Crippen LogP contribution is -2.45. The van der Waals surface area contributed by atoms with Crippen molar-refractivity contribution < 1.29 is 19.0 Å². The van der Waals surface area contributed by atoms with E-state index in [-0.39, 0.29) is 18.5 Å². The van der Waals surface area contributed by atoms with Gasteiger partial charge in [-0.3, -0.25) is 4.90 Å². The first-order chi connectivity index (χ1) is 12.0. The number of piperidine rings is 1. The van der Waals surface area contributed by atoms with Crippen molar-refractivity contribution in [1.82, 2.24) is 9.80 Å². The summed E-state index contributed by atoms with van der Waals surface area (Å²) in [5.41, 5.74) is 1.51. The highest BCUT2D eigenvalue weighted by Gasteiger charge is 2.48. The van der Waals surface area contributed by atoms with E-state index in [1.807, 2.05) is 12.1 Å². The number of hydrogen-bond acceptors (Lipinski definition) is 5. The SMILES string of the molecule is C=C1N(C)C(=O)OC12CCN(CCc1ccc(OC)c(OC)c1)CC2.Cl. The van der Waals surface area contributed by atoms with Crippen LogP contribution in [-0.4, -0.2) is 62.4 Å². The second-order valence-corrected chi connectivity index (χ2v) is 6.65. The molecular formula is C19H27ClN2O4. The summed E-state index contributed by atoms with van der Waals surface area (Å²) >= 11 is 0. The molecular weight excluding hydrogens is 356 g/mol. The van der Waals surface area contributed by atoms with E-state index in [4.69, 9.17) is 14.2 Å². The Morgan fingerprint density at radius 1 is 1.19 bits per heavy atom. The molecule has 0 aliphatic carbocycles. The van der Waals surface area contributed by atoms with Gasteiger partial charge in [0, 0.05) is 39.5 Å². The van der Waals surface area contributed by atoms with Crippen molar-refractivity contribution in [2.24, 2.45) is 0 Å².